The van der Waals surface area contributed by atoms with Gasteiger partial charge in [0.25, 0.3) is 5.91 Å². The molecule has 0 aromatic carbocycles. The van der Waals surface area contributed by atoms with Crippen molar-refractivity contribution in [1.29, 1.82) is 0 Å². The van der Waals surface area contributed by atoms with Gasteiger partial charge in [0.2, 0.25) is 0 Å². The molecule has 2 aliphatic heterocycles. The number of amides is 1. The topological polar surface area (TPSA) is 87.6 Å². The van der Waals surface area contributed by atoms with Crippen molar-refractivity contribution >= 4 is 5.91 Å². The number of aliphatic hydroxyl groups is 1. The highest BCUT2D eigenvalue weighted by Crippen LogP contribution is 2.41. The average molecular weight is 414 g/mol. The van der Waals surface area contributed by atoms with Gasteiger partial charge in [0.15, 0.2) is 5.76 Å². The van der Waals surface area contributed by atoms with E-state index in [0.717, 1.165) is 37.7 Å². The molecule has 2 saturated heterocycles. The number of piperidine rings is 1. The smallest absolute Gasteiger partial charge is 0.289 e. The van der Waals surface area contributed by atoms with Gasteiger partial charge in [-0.3, -0.25) is 9.69 Å². The predicted octanol–water partition coefficient (Wildman–Crippen LogP) is 2.19. The molecular formula is C22H31N5O3. The summed E-state index contributed by atoms with van der Waals surface area (Å²) in [5.41, 5.74) is 0. The molecule has 0 spiro atoms. The number of likely N-dealkylation sites (tertiary alicyclic amines) is 2. The summed E-state index contributed by atoms with van der Waals surface area (Å²) in [5, 5.41) is 14.8. The molecule has 1 saturated carbocycles. The van der Waals surface area contributed by atoms with Gasteiger partial charge in [0.1, 0.15) is 18.4 Å². The van der Waals surface area contributed by atoms with Crippen molar-refractivity contribution in [3.05, 3.63) is 36.3 Å². The lowest BCUT2D eigenvalue weighted by atomic mass is 9.77. The van der Waals surface area contributed by atoms with Crippen LogP contribution in [-0.4, -0.2) is 67.9 Å². The Bertz CT molecular complexity index is 858. The van der Waals surface area contributed by atoms with E-state index in [1.54, 1.807) is 11.0 Å². The summed E-state index contributed by atoms with van der Waals surface area (Å²) >= 11 is 0. The molecule has 0 bridgehead atoms. The molecule has 1 N–H and O–H groups in total. The standard InChI is InChI=1S/C22H31N5O3/c1-15-4-6-25(7-5-15)12-18-2-3-21(30-18)22(29)26-10-16-8-19(27-14-23-13-24-27)20(28)9-17(16)11-26/h2-3,13-17,19-20,28H,4-12H2,1H3/t16-,17+,19-,20-/m1/s1. The first kappa shape index (κ1) is 19.8. The van der Waals surface area contributed by atoms with Crippen molar-refractivity contribution in [2.75, 3.05) is 26.2 Å². The highest BCUT2D eigenvalue weighted by atomic mass is 16.4. The van der Waals surface area contributed by atoms with E-state index in [1.807, 2.05) is 17.0 Å². The predicted molar refractivity (Wildman–Crippen MR) is 110 cm³/mol. The minimum absolute atomic E-state index is 0.0327. The van der Waals surface area contributed by atoms with Crippen molar-refractivity contribution in [2.45, 2.75) is 51.3 Å². The molecule has 2 aromatic heterocycles. The van der Waals surface area contributed by atoms with Gasteiger partial charge < -0.3 is 14.4 Å². The van der Waals surface area contributed by atoms with Gasteiger partial charge in [0.05, 0.1) is 18.7 Å². The molecule has 0 radical (unpaired) electrons. The van der Waals surface area contributed by atoms with Gasteiger partial charge in [-0.15, -0.1) is 0 Å². The third-order valence-electron chi connectivity index (χ3n) is 7.30. The van der Waals surface area contributed by atoms with E-state index < -0.39 is 6.10 Å². The zero-order chi connectivity index (χ0) is 20.7. The van der Waals surface area contributed by atoms with E-state index in [2.05, 4.69) is 21.9 Å². The largest absolute Gasteiger partial charge is 0.455 e. The van der Waals surface area contributed by atoms with Gasteiger partial charge >= 0.3 is 0 Å². The van der Waals surface area contributed by atoms with Crippen molar-refractivity contribution in [1.82, 2.24) is 24.6 Å². The van der Waals surface area contributed by atoms with Crippen LogP contribution in [0.4, 0.5) is 0 Å². The molecule has 8 heteroatoms. The second kappa shape index (κ2) is 8.15. The molecule has 2 aromatic rings. The van der Waals surface area contributed by atoms with Crippen LogP contribution in [0, 0.1) is 17.8 Å². The van der Waals surface area contributed by atoms with Crippen LogP contribution in [0.3, 0.4) is 0 Å². The summed E-state index contributed by atoms with van der Waals surface area (Å²) in [7, 11) is 0. The Morgan fingerprint density at radius 1 is 1.20 bits per heavy atom. The van der Waals surface area contributed by atoms with Crippen LogP contribution in [0.1, 0.15) is 55.0 Å². The fraction of sp³-hybridized carbons (Fsp3) is 0.682. The van der Waals surface area contributed by atoms with Crippen molar-refractivity contribution < 1.29 is 14.3 Å². The van der Waals surface area contributed by atoms with E-state index in [1.165, 1.54) is 19.2 Å². The van der Waals surface area contributed by atoms with Crippen LogP contribution in [0.5, 0.6) is 0 Å². The molecule has 0 unspecified atom stereocenters. The zero-order valence-electron chi connectivity index (χ0n) is 17.6. The van der Waals surface area contributed by atoms with Crippen LogP contribution in [-0.2, 0) is 6.54 Å². The maximum Gasteiger partial charge on any atom is 0.289 e. The maximum atomic E-state index is 13.1. The van der Waals surface area contributed by atoms with E-state index in [9.17, 15) is 9.90 Å². The highest BCUT2D eigenvalue weighted by molar-refractivity contribution is 5.91. The fourth-order valence-electron chi connectivity index (χ4n) is 5.42. The van der Waals surface area contributed by atoms with Crippen LogP contribution >= 0.6 is 0 Å². The van der Waals surface area contributed by atoms with Crippen LogP contribution in [0.2, 0.25) is 0 Å². The summed E-state index contributed by atoms with van der Waals surface area (Å²) in [6.07, 6.45) is 6.67. The number of carbonyl (C=O) groups is 1. The number of furan rings is 1. The third-order valence-corrected chi connectivity index (χ3v) is 7.30. The normalized spacial score (nSPS) is 30.5. The summed E-state index contributed by atoms with van der Waals surface area (Å²) in [6.45, 7) is 6.66. The molecule has 1 aliphatic carbocycles. The Balaban J connectivity index is 1.20. The van der Waals surface area contributed by atoms with Gasteiger partial charge in [-0.25, -0.2) is 9.67 Å². The second-order valence-corrected chi connectivity index (χ2v) is 9.44. The quantitative estimate of drug-likeness (QED) is 0.827. The lowest BCUT2D eigenvalue weighted by Crippen LogP contribution is -2.36. The number of hydrogen-bond donors (Lipinski definition) is 1. The first-order valence-corrected chi connectivity index (χ1v) is 11.2. The number of aliphatic hydroxyl groups excluding tert-OH is 1. The van der Waals surface area contributed by atoms with E-state index >= 15 is 0 Å². The first-order valence-electron chi connectivity index (χ1n) is 11.2. The Morgan fingerprint density at radius 3 is 2.70 bits per heavy atom. The lowest BCUT2D eigenvalue weighted by molar-refractivity contribution is 0.0304. The first-order chi connectivity index (χ1) is 14.6. The Morgan fingerprint density at radius 2 is 1.97 bits per heavy atom. The Labute approximate surface area is 176 Å². The zero-order valence-corrected chi connectivity index (χ0v) is 17.6. The lowest BCUT2D eigenvalue weighted by Gasteiger charge is -2.34. The summed E-state index contributed by atoms with van der Waals surface area (Å²) in [4.78, 5) is 21.4. The van der Waals surface area contributed by atoms with E-state index in [-0.39, 0.29) is 11.9 Å². The number of hydrogen-bond acceptors (Lipinski definition) is 6. The fourth-order valence-corrected chi connectivity index (χ4v) is 5.42. The molecule has 162 valence electrons. The summed E-state index contributed by atoms with van der Waals surface area (Å²) in [5.74, 6) is 2.77. The number of fused-ring (bicyclic) bond motifs is 1. The molecule has 4 heterocycles. The SMILES string of the molecule is CC1CCN(Cc2ccc(C(=O)N3C[C@H]4C[C@@H](n5cncn5)[C@H](O)C[C@H]4C3)o2)CC1. The number of carbonyl (C=O) groups excluding carboxylic acids is 1. The van der Waals surface area contributed by atoms with E-state index in [0.29, 0.717) is 37.1 Å². The number of rotatable bonds is 4. The van der Waals surface area contributed by atoms with Crippen LogP contribution in [0.25, 0.3) is 0 Å². The Kier molecular flexibility index (Phi) is 5.37. The van der Waals surface area contributed by atoms with Gasteiger partial charge in [-0.2, -0.15) is 5.10 Å². The van der Waals surface area contributed by atoms with Gasteiger partial charge in [0, 0.05) is 13.1 Å². The minimum atomic E-state index is -0.453. The van der Waals surface area contributed by atoms with Crippen molar-refractivity contribution in [3.8, 4) is 0 Å². The van der Waals surface area contributed by atoms with Gasteiger partial charge in [-0.05, 0) is 68.7 Å². The van der Waals surface area contributed by atoms with Crippen molar-refractivity contribution in [2.24, 2.45) is 17.8 Å². The molecule has 1 amide bonds. The molecule has 3 aliphatic rings. The average Bonchev–Trinajstić information content (AvgIpc) is 3.49. The monoisotopic (exact) mass is 413 g/mol. The maximum absolute atomic E-state index is 13.1. The summed E-state index contributed by atoms with van der Waals surface area (Å²) < 4.78 is 7.69. The molecule has 3 fully saturated rings. The molecular weight excluding hydrogens is 382 g/mol. The van der Waals surface area contributed by atoms with E-state index in [4.69, 9.17) is 4.42 Å². The molecule has 4 atom stereocenters. The van der Waals surface area contributed by atoms with Crippen LogP contribution in [0.15, 0.2) is 29.2 Å². The molecule has 30 heavy (non-hydrogen) atoms. The minimum Gasteiger partial charge on any atom is -0.455 e. The Hall–Kier alpha value is -2.19. The highest BCUT2D eigenvalue weighted by Gasteiger charge is 2.44. The number of nitrogens with zero attached hydrogens (tertiary/aromatic N) is 5. The molecule has 5 rings (SSSR count). The van der Waals surface area contributed by atoms with Gasteiger partial charge in [-0.1, -0.05) is 6.92 Å². The van der Waals surface area contributed by atoms with Crippen LogP contribution < -0.4 is 0 Å². The van der Waals surface area contributed by atoms with Crippen molar-refractivity contribution in [3.63, 3.8) is 0 Å². The molecule has 8 nitrogen and oxygen atoms in total. The third kappa shape index (κ3) is 3.90. The second-order valence-electron chi connectivity index (χ2n) is 9.44. The summed E-state index contributed by atoms with van der Waals surface area (Å²) in [6, 6.07) is 3.70. The number of aromatic nitrogens is 3.